The van der Waals surface area contributed by atoms with Crippen molar-refractivity contribution in [3.63, 3.8) is 0 Å². The fourth-order valence-electron chi connectivity index (χ4n) is 3.57. The van der Waals surface area contributed by atoms with Gasteiger partial charge in [-0.1, -0.05) is 0 Å². The van der Waals surface area contributed by atoms with Crippen molar-refractivity contribution in [1.29, 1.82) is 0 Å². The standard InChI is InChI=1S/C24H28IN5O2/c1-17-16-26-24(29-23(17)27-19-7-10-21(25)22(15-19)31-2)28-18-5-8-20(9-6-18)32-14-13-30-11-3-4-12-30/h5-10,15-16H,3-4,11-14H2,1-2H3,(H2,26,27,28,29). The molecule has 0 atom stereocenters. The van der Waals surface area contributed by atoms with E-state index < -0.39 is 0 Å². The Kier molecular flexibility index (Phi) is 7.64. The predicted octanol–water partition coefficient (Wildman–Crippen LogP) is 5.36. The van der Waals surface area contributed by atoms with E-state index in [9.17, 15) is 0 Å². The highest BCUT2D eigenvalue weighted by molar-refractivity contribution is 14.1. The van der Waals surface area contributed by atoms with Crippen molar-refractivity contribution >= 4 is 45.7 Å². The van der Waals surface area contributed by atoms with E-state index in [1.807, 2.05) is 49.4 Å². The van der Waals surface area contributed by atoms with Crippen LogP contribution in [0.3, 0.4) is 0 Å². The summed E-state index contributed by atoms with van der Waals surface area (Å²) in [5.41, 5.74) is 2.77. The van der Waals surface area contributed by atoms with E-state index in [1.165, 1.54) is 25.9 Å². The zero-order valence-electron chi connectivity index (χ0n) is 18.4. The Balaban J connectivity index is 1.36. The molecule has 0 saturated carbocycles. The maximum atomic E-state index is 5.88. The molecule has 0 amide bonds. The van der Waals surface area contributed by atoms with E-state index in [2.05, 4.69) is 48.1 Å². The van der Waals surface area contributed by atoms with Gasteiger partial charge in [-0.05, 0) is 91.8 Å². The second-order valence-electron chi connectivity index (χ2n) is 7.75. The van der Waals surface area contributed by atoms with Crippen molar-refractivity contribution in [3.8, 4) is 11.5 Å². The number of hydrogen-bond donors (Lipinski definition) is 2. The van der Waals surface area contributed by atoms with E-state index >= 15 is 0 Å². The fraction of sp³-hybridized carbons (Fsp3) is 0.333. The maximum absolute atomic E-state index is 5.88. The summed E-state index contributed by atoms with van der Waals surface area (Å²) in [6.45, 7) is 6.06. The monoisotopic (exact) mass is 545 g/mol. The number of anilines is 4. The first-order valence-electron chi connectivity index (χ1n) is 10.8. The molecule has 1 fully saturated rings. The van der Waals surface area contributed by atoms with Crippen molar-refractivity contribution in [3.05, 3.63) is 57.8 Å². The van der Waals surface area contributed by atoms with Crippen molar-refractivity contribution < 1.29 is 9.47 Å². The van der Waals surface area contributed by atoms with E-state index in [1.54, 1.807) is 13.3 Å². The molecule has 0 radical (unpaired) electrons. The van der Waals surface area contributed by atoms with Gasteiger partial charge in [-0.15, -0.1) is 0 Å². The van der Waals surface area contributed by atoms with Gasteiger partial charge in [0.2, 0.25) is 5.95 Å². The highest BCUT2D eigenvalue weighted by atomic mass is 127. The van der Waals surface area contributed by atoms with Crippen molar-refractivity contribution in [1.82, 2.24) is 14.9 Å². The van der Waals surface area contributed by atoms with Crippen LogP contribution in [0.4, 0.5) is 23.1 Å². The summed E-state index contributed by atoms with van der Waals surface area (Å²) in [6, 6.07) is 13.9. The molecule has 2 aromatic carbocycles. The number of ether oxygens (including phenoxy) is 2. The van der Waals surface area contributed by atoms with Crippen LogP contribution in [0.2, 0.25) is 0 Å². The number of hydrogen-bond acceptors (Lipinski definition) is 7. The summed E-state index contributed by atoms with van der Waals surface area (Å²) in [5, 5.41) is 6.62. The molecule has 4 rings (SSSR count). The van der Waals surface area contributed by atoms with Crippen molar-refractivity contribution in [2.24, 2.45) is 0 Å². The Morgan fingerprint density at radius 1 is 1.03 bits per heavy atom. The highest BCUT2D eigenvalue weighted by Gasteiger charge is 2.11. The molecule has 0 unspecified atom stereocenters. The topological polar surface area (TPSA) is 71.5 Å². The summed E-state index contributed by atoms with van der Waals surface area (Å²) < 4.78 is 12.3. The van der Waals surface area contributed by atoms with E-state index in [4.69, 9.17) is 9.47 Å². The molecule has 1 aliphatic rings. The third kappa shape index (κ3) is 6.01. The molecule has 8 heteroatoms. The molecule has 7 nitrogen and oxygen atoms in total. The minimum absolute atomic E-state index is 0.526. The molecule has 0 spiro atoms. The van der Waals surface area contributed by atoms with Gasteiger partial charge >= 0.3 is 0 Å². The molecule has 1 saturated heterocycles. The average molecular weight is 545 g/mol. The lowest BCUT2D eigenvalue weighted by molar-refractivity contribution is 0.238. The zero-order valence-corrected chi connectivity index (χ0v) is 20.6. The number of nitrogens with zero attached hydrogens (tertiary/aromatic N) is 3. The molecule has 1 aliphatic heterocycles. The van der Waals surface area contributed by atoms with Crippen LogP contribution in [0.1, 0.15) is 18.4 Å². The van der Waals surface area contributed by atoms with Gasteiger partial charge in [0, 0.05) is 35.7 Å². The number of aryl methyl sites for hydroxylation is 1. The number of benzene rings is 2. The quantitative estimate of drug-likeness (QED) is 0.351. The molecular formula is C24H28IN5O2. The van der Waals surface area contributed by atoms with Gasteiger partial charge in [-0.25, -0.2) is 4.98 Å². The smallest absolute Gasteiger partial charge is 0.229 e. The lowest BCUT2D eigenvalue weighted by Crippen LogP contribution is -2.25. The van der Waals surface area contributed by atoms with Crippen LogP contribution in [-0.2, 0) is 0 Å². The van der Waals surface area contributed by atoms with Gasteiger partial charge in [0.15, 0.2) is 0 Å². The fourth-order valence-corrected chi connectivity index (χ4v) is 4.12. The first kappa shape index (κ1) is 22.6. The van der Waals surface area contributed by atoms with Gasteiger partial charge in [0.1, 0.15) is 23.9 Å². The molecule has 168 valence electrons. The molecule has 3 aromatic rings. The number of halogens is 1. The minimum atomic E-state index is 0.526. The SMILES string of the molecule is COc1cc(Nc2nc(Nc3ccc(OCCN4CCCC4)cc3)ncc2C)ccc1I. The van der Waals surface area contributed by atoms with Crippen LogP contribution in [-0.4, -0.2) is 48.2 Å². The van der Waals surface area contributed by atoms with Crippen LogP contribution in [0.5, 0.6) is 11.5 Å². The van der Waals surface area contributed by atoms with Gasteiger partial charge in [0.25, 0.3) is 0 Å². The van der Waals surface area contributed by atoms with E-state index in [0.717, 1.165) is 44.4 Å². The normalized spacial score (nSPS) is 13.7. The van der Waals surface area contributed by atoms with Crippen molar-refractivity contribution in [2.75, 3.05) is 44.0 Å². The molecule has 2 heterocycles. The van der Waals surface area contributed by atoms with E-state index in [0.29, 0.717) is 12.6 Å². The number of nitrogens with one attached hydrogen (secondary N) is 2. The van der Waals surface area contributed by atoms with E-state index in [-0.39, 0.29) is 0 Å². The minimum Gasteiger partial charge on any atom is -0.496 e. The van der Waals surface area contributed by atoms with Gasteiger partial charge in [0.05, 0.1) is 10.7 Å². The molecule has 2 N–H and O–H groups in total. The van der Waals surface area contributed by atoms with Crippen LogP contribution < -0.4 is 20.1 Å². The molecule has 0 bridgehead atoms. The number of aromatic nitrogens is 2. The Labute approximate surface area is 202 Å². The lowest BCUT2D eigenvalue weighted by Gasteiger charge is -2.15. The highest BCUT2D eigenvalue weighted by Crippen LogP contribution is 2.27. The number of likely N-dealkylation sites (tertiary alicyclic amines) is 1. The molecule has 32 heavy (non-hydrogen) atoms. The number of methoxy groups -OCH3 is 1. The first-order chi connectivity index (χ1) is 15.6. The Hall–Kier alpha value is -2.59. The second kappa shape index (κ2) is 10.8. The first-order valence-corrected chi connectivity index (χ1v) is 11.8. The second-order valence-corrected chi connectivity index (χ2v) is 8.91. The van der Waals surface area contributed by atoms with Gasteiger partial charge in [-0.2, -0.15) is 4.98 Å². The van der Waals surface area contributed by atoms with Gasteiger partial charge in [-0.3, -0.25) is 4.90 Å². The van der Waals surface area contributed by atoms with Crippen LogP contribution in [0.25, 0.3) is 0 Å². The third-order valence-electron chi connectivity index (χ3n) is 5.37. The Bertz CT molecular complexity index is 1040. The number of rotatable bonds is 9. The van der Waals surface area contributed by atoms with Crippen LogP contribution in [0, 0.1) is 10.5 Å². The third-order valence-corrected chi connectivity index (χ3v) is 6.26. The molecule has 1 aromatic heterocycles. The maximum Gasteiger partial charge on any atom is 0.229 e. The summed E-state index contributed by atoms with van der Waals surface area (Å²) >= 11 is 2.25. The zero-order chi connectivity index (χ0) is 22.3. The largest absolute Gasteiger partial charge is 0.496 e. The Morgan fingerprint density at radius 2 is 1.78 bits per heavy atom. The average Bonchev–Trinajstić information content (AvgIpc) is 3.32. The summed E-state index contributed by atoms with van der Waals surface area (Å²) in [4.78, 5) is 11.5. The van der Waals surface area contributed by atoms with Gasteiger partial charge < -0.3 is 20.1 Å². The summed E-state index contributed by atoms with van der Waals surface area (Å²) in [6.07, 6.45) is 4.41. The summed E-state index contributed by atoms with van der Waals surface area (Å²) in [7, 11) is 1.67. The summed E-state index contributed by atoms with van der Waals surface area (Å²) in [5.74, 6) is 2.96. The van der Waals surface area contributed by atoms with Crippen LogP contribution >= 0.6 is 22.6 Å². The predicted molar refractivity (Wildman–Crippen MR) is 137 cm³/mol. The molecular weight excluding hydrogens is 517 g/mol. The van der Waals surface area contributed by atoms with Crippen molar-refractivity contribution in [2.45, 2.75) is 19.8 Å². The lowest BCUT2D eigenvalue weighted by atomic mass is 10.2. The van der Waals surface area contributed by atoms with Crippen LogP contribution in [0.15, 0.2) is 48.7 Å². The Morgan fingerprint density at radius 3 is 2.53 bits per heavy atom. The molecule has 0 aliphatic carbocycles.